The number of primary sulfonamides is 1. The molecule has 2 heterocycles. The second-order valence-electron chi connectivity index (χ2n) is 8.95. The number of anilines is 1. The molecule has 190 valence electrons. The first-order valence-corrected chi connectivity index (χ1v) is 13.4. The van der Waals surface area contributed by atoms with Crippen molar-refractivity contribution in [2.75, 3.05) is 11.6 Å². The van der Waals surface area contributed by atoms with E-state index in [4.69, 9.17) is 21.2 Å². The van der Waals surface area contributed by atoms with Crippen LogP contribution in [0.2, 0.25) is 5.02 Å². The number of furan rings is 1. The van der Waals surface area contributed by atoms with Gasteiger partial charge in [0.05, 0.1) is 32.5 Å². The summed E-state index contributed by atoms with van der Waals surface area (Å²) in [7, 11) is -3.85. The maximum Gasteiger partial charge on any atom is 0.280 e. The first-order valence-electron chi connectivity index (χ1n) is 11.5. The van der Waals surface area contributed by atoms with Crippen molar-refractivity contribution in [3.8, 4) is 11.3 Å². The highest BCUT2D eigenvalue weighted by molar-refractivity contribution is 7.89. The molecular formula is C26H23ClN4O5S. The fraction of sp³-hybridized carbons (Fsp3) is 0.192. The Hall–Kier alpha value is -3.73. The van der Waals surface area contributed by atoms with Gasteiger partial charge in [0.15, 0.2) is 0 Å². The Morgan fingerprint density at radius 2 is 1.92 bits per heavy atom. The first-order chi connectivity index (χ1) is 17.6. The van der Waals surface area contributed by atoms with E-state index >= 15 is 0 Å². The summed E-state index contributed by atoms with van der Waals surface area (Å²) in [5, 5.41) is 13.9. The number of sulfonamides is 1. The second-order valence-corrected chi connectivity index (χ2v) is 10.9. The maximum absolute atomic E-state index is 13.0. The standard InChI is InChI=1S/C26H23ClN4O5S/c1-15-21(26(33)31(30-15)18-5-8-20(9-6-18)37(28,34)35)13-19-7-11-24(36-19)17-4-10-23(27)22(12-17)25(32)29-14-16-2-3-16/h4-13,16H,2-3,14H2,1H3,(H,29,32)(H2,28,34,35). The van der Waals surface area contributed by atoms with Gasteiger partial charge < -0.3 is 9.73 Å². The SMILES string of the molecule is CC1=NN(c2ccc(S(N)(=O)=O)cc2)C(=O)C1=Cc1ccc(-c2ccc(Cl)c(C(=O)NCC3CC3)c2)o1. The number of carbonyl (C=O) groups excluding carboxylic acids is 2. The lowest BCUT2D eigenvalue weighted by Gasteiger charge is -2.12. The van der Waals surface area contributed by atoms with Crippen molar-refractivity contribution in [1.82, 2.24) is 5.32 Å². The monoisotopic (exact) mass is 538 g/mol. The van der Waals surface area contributed by atoms with Gasteiger partial charge in [-0.2, -0.15) is 10.1 Å². The van der Waals surface area contributed by atoms with E-state index in [1.165, 1.54) is 29.3 Å². The third-order valence-corrected chi connectivity index (χ3v) is 7.39. The minimum atomic E-state index is -3.85. The Morgan fingerprint density at radius 3 is 2.59 bits per heavy atom. The smallest absolute Gasteiger partial charge is 0.280 e. The van der Waals surface area contributed by atoms with Gasteiger partial charge in [-0.1, -0.05) is 11.6 Å². The molecule has 3 N–H and O–H groups in total. The topological polar surface area (TPSA) is 135 Å². The second kappa shape index (κ2) is 9.62. The molecule has 1 aliphatic carbocycles. The summed E-state index contributed by atoms with van der Waals surface area (Å²) in [5.41, 5.74) is 2.24. The van der Waals surface area contributed by atoms with Crippen LogP contribution in [-0.4, -0.2) is 32.5 Å². The van der Waals surface area contributed by atoms with Gasteiger partial charge in [0.1, 0.15) is 11.5 Å². The number of benzene rings is 2. The molecule has 0 saturated heterocycles. The molecule has 1 aliphatic heterocycles. The number of hydrogen-bond acceptors (Lipinski definition) is 6. The van der Waals surface area contributed by atoms with E-state index < -0.39 is 10.0 Å². The van der Waals surface area contributed by atoms with Crippen LogP contribution in [-0.2, 0) is 14.8 Å². The highest BCUT2D eigenvalue weighted by atomic mass is 35.5. The third kappa shape index (κ3) is 5.36. The fourth-order valence-electron chi connectivity index (χ4n) is 3.87. The first kappa shape index (κ1) is 24.9. The zero-order valence-electron chi connectivity index (χ0n) is 19.8. The Kier molecular flexibility index (Phi) is 6.49. The molecule has 0 atom stereocenters. The van der Waals surface area contributed by atoms with Crippen LogP contribution in [0.1, 0.15) is 35.9 Å². The Bertz CT molecular complexity index is 1570. The Balaban J connectivity index is 1.35. The van der Waals surface area contributed by atoms with Gasteiger partial charge in [-0.25, -0.2) is 13.6 Å². The van der Waals surface area contributed by atoms with E-state index in [0.29, 0.717) is 57.1 Å². The largest absolute Gasteiger partial charge is 0.457 e. The predicted octanol–water partition coefficient (Wildman–Crippen LogP) is 4.19. The number of nitrogens with one attached hydrogen (secondary N) is 1. The molecule has 37 heavy (non-hydrogen) atoms. The lowest BCUT2D eigenvalue weighted by molar-refractivity contribution is -0.114. The molecule has 0 radical (unpaired) electrons. The minimum Gasteiger partial charge on any atom is -0.457 e. The van der Waals surface area contributed by atoms with E-state index in [2.05, 4.69) is 10.4 Å². The van der Waals surface area contributed by atoms with E-state index in [0.717, 1.165) is 12.8 Å². The number of nitrogens with zero attached hydrogens (tertiary/aromatic N) is 2. The molecule has 1 fully saturated rings. The molecule has 3 aromatic rings. The summed E-state index contributed by atoms with van der Waals surface area (Å²) < 4.78 is 28.9. The lowest BCUT2D eigenvalue weighted by atomic mass is 10.1. The van der Waals surface area contributed by atoms with Crippen molar-refractivity contribution >= 4 is 50.9 Å². The zero-order chi connectivity index (χ0) is 26.3. The van der Waals surface area contributed by atoms with Crippen LogP contribution in [0.5, 0.6) is 0 Å². The summed E-state index contributed by atoms with van der Waals surface area (Å²) in [6.45, 7) is 2.33. The third-order valence-electron chi connectivity index (χ3n) is 6.13. The molecule has 0 bridgehead atoms. The highest BCUT2D eigenvalue weighted by Crippen LogP contribution is 2.31. The van der Waals surface area contributed by atoms with Gasteiger partial charge in [0.25, 0.3) is 11.8 Å². The highest BCUT2D eigenvalue weighted by Gasteiger charge is 2.29. The van der Waals surface area contributed by atoms with Gasteiger partial charge in [0, 0.05) is 12.1 Å². The van der Waals surface area contributed by atoms with E-state index in [1.807, 2.05) is 0 Å². The van der Waals surface area contributed by atoms with Gasteiger partial charge in [-0.05, 0) is 86.4 Å². The predicted molar refractivity (Wildman–Crippen MR) is 141 cm³/mol. The molecule has 2 aromatic carbocycles. The van der Waals surface area contributed by atoms with Gasteiger partial charge in [-0.3, -0.25) is 9.59 Å². The summed E-state index contributed by atoms with van der Waals surface area (Å²) in [6, 6.07) is 14.1. The average molecular weight is 539 g/mol. The van der Waals surface area contributed by atoms with Crippen LogP contribution in [0.25, 0.3) is 17.4 Å². The van der Waals surface area contributed by atoms with Gasteiger partial charge >= 0.3 is 0 Å². The molecule has 0 unspecified atom stereocenters. The zero-order valence-corrected chi connectivity index (χ0v) is 21.3. The number of amides is 2. The van der Waals surface area contributed by atoms with E-state index in [1.54, 1.807) is 43.3 Å². The molecule has 1 saturated carbocycles. The molecule has 1 aromatic heterocycles. The lowest BCUT2D eigenvalue weighted by Crippen LogP contribution is -2.25. The van der Waals surface area contributed by atoms with Gasteiger partial charge in [0.2, 0.25) is 10.0 Å². The molecule has 5 rings (SSSR count). The van der Waals surface area contributed by atoms with E-state index in [-0.39, 0.29) is 16.7 Å². The Morgan fingerprint density at radius 1 is 1.19 bits per heavy atom. The quantitative estimate of drug-likeness (QED) is 0.435. The van der Waals surface area contributed by atoms with Crippen LogP contribution in [0.3, 0.4) is 0 Å². The summed E-state index contributed by atoms with van der Waals surface area (Å²) in [6.07, 6.45) is 3.85. The number of hydrogen-bond donors (Lipinski definition) is 2. The van der Waals surface area contributed by atoms with Crippen LogP contribution in [0.4, 0.5) is 5.69 Å². The van der Waals surface area contributed by atoms with E-state index in [9.17, 15) is 18.0 Å². The Labute approximate surface area is 218 Å². The summed E-state index contributed by atoms with van der Waals surface area (Å²) in [4.78, 5) is 25.6. The number of rotatable bonds is 7. The number of carbonyl (C=O) groups is 2. The van der Waals surface area contributed by atoms with Gasteiger partial charge in [-0.15, -0.1) is 0 Å². The van der Waals surface area contributed by atoms with Crippen LogP contribution in [0.15, 0.2) is 74.6 Å². The van der Waals surface area contributed by atoms with Crippen molar-refractivity contribution in [2.24, 2.45) is 16.2 Å². The van der Waals surface area contributed by atoms with Crippen molar-refractivity contribution < 1.29 is 22.4 Å². The molecule has 11 heteroatoms. The van der Waals surface area contributed by atoms with Crippen molar-refractivity contribution in [1.29, 1.82) is 0 Å². The number of nitrogens with two attached hydrogens (primary N) is 1. The average Bonchev–Trinajstić information content (AvgIpc) is 3.51. The van der Waals surface area contributed by atoms with Crippen molar-refractivity contribution in [3.05, 3.63) is 76.5 Å². The fourth-order valence-corrected chi connectivity index (χ4v) is 4.59. The number of hydrazone groups is 1. The summed E-state index contributed by atoms with van der Waals surface area (Å²) in [5.74, 6) is 0.867. The molecule has 2 aliphatic rings. The minimum absolute atomic E-state index is 0.0618. The van der Waals surface area contributed by atoms with Crippen molar-refractivity contribution in [2.45, 2.75) is 24.7 Å². The van der Waals surface area contributed by atoms with Crippen LogP contribution >= 0.6 is 11.6 Å². The summed E-state index contributed by atoms with van der Waals surface area (Å²) >= 11 is 6.26. The molecular weight excluding hydrogens is 516 g/mol. The maximum atomic E-state index is 13.0. The number of halogens is 1. The van der Waals surface area contributed by atoms with Crippen molar-refractivity contribution in [3.63, 3.8) is 0 Å². The van der Waals surface area contributed by atoms with Crippen LogP contribution in [0, 0.1) is 5.92 Å². The molecule has 9 nitrogen and oxygen atoms in total. The van der Waals surface area contributed by atoms with Crippen LogP contribution < -0.4 is 15.5 Å². The molecule has 0 spiro atoms. The normalized spacial score (nSPS) is 16.8. The molecule has 2 amide bonds.